The molecule has 0 N–H and O–H groups in total. The number of carbonyl (C=O) groups excluding carboxylic acids is 3. The SMILES string of the molecule is CC/C=C\C/C=C\C/C=C\C/C=C\C/C=C\C/C=C\C/C=C\C/C=C\C/C=C\CCCC(=O)OCC(COC(=O)CCCCCCCCC)OC(=O)CCCCCCCC/C=C\C/C=C\C/C=C\C/C=C\C/C=C\C/C=C\CC. The summed E-state index contributed by atoms with van der Waals surface area (Å²) in [6, 6.07) is 0. The Morgan fingerprint density at radius 2 is 0.506 bits per heavy atom. The average Bonchev–Trinajstić information content (AvgIpc) is 3.45. The summed E-state index contributed by atoms with van der Waals surface area (Å²) in [5.74, 6) is -1.00. The molecule has 0 aromatic heterocycles. The highest BCUT2D eigenvalue weighted by atomic mass is 16.6. The molecule has 0 amide bonds. The third kappa shape index (κ3) is 63.2. The summed E-state index contributed by atoms with van der Waals surface area (Å²) in [5.41, 5.74) is 0. The van der Waals surface area contributed by atoms with Crippen LogP contribution in [0.1, 0.15) is 239 Å². The summed E-state index contributed by atoms with van der Waals surface area (Å²) in [6.45, 7) is 6.29. The van der Waals surface area contributed by atoms with Gasteiger partial charge in [0.15, 0.2) is 6.10 Å². The van der Waals surface area contributed by atoms with Gasteiger partial charge in [0, 0.05) is 19.3 Å². The minimum absolute atomic E-state index is 0.110. The molecule has 1 atom stereocenters. The molecule has 0 saturated heterocycles. The first-order chi connectivity index (χ1) is 39.0. The Hall–Kier alpha value is -5.49. The first-order valence-corrected chi connectivity index (χ1v) is 31.3. The molecule has 0 aliphatic rings. The molecule has 0 aromatic carbocycles. The van der Waals surface area contributed by atoms with Crippen LogP contribution in [0, 0.1) is 0 Å². The number of hydrogen-bond donors (Lipinski definition) is 0. The van der Waals surface area contributed by atoms with Crippen molar-refractivity contribution in [2.75, 3.05) is 13.2 Å². The smallest absolute Gasteiger partial charge is 0.306 e. The molecule has 0 fully saturated rings. The molecule has 0 bridgehead atoms. The first kappa shape index (κ1) is 73.5. The van der Waals surface area contributed by atoms with Crippen molar-refractivity contribution in [3.63, 3.8) is 0 Å². The quantitative estimate of drug-likeness (QED) is 0.0261. The lowest BCUT2D eigenvalue weighted by molar-refractivity contribution is -0.167. The highest BCUT2D eigenvalue weighted by Crippen LogP contribution is 2.13. The normalized spacial score (nSPS) is 13.4. The summed E-state index contributed by atoms with van der Waals surface area (Å²) in [6.07, 6.45) is 97.8. The monoisotopic (exact) mass is 1080 g/mol. The second-order valence-electron chi connectivity index (χ2n) is 19.9. The number of hydrogen-bond acceptors (Lipinski definition) is 6. The van der Waals surface area contributed by atoms with Crippen molar-refractivity contribution in [1.82, 2.24) is 0 Å². The predicted octanol–water partition coefficient (Wildman–Crippen LogP) is 21.7. The standard InChI is InChI=1S/C73H112O6/c1-4-7-10-13-16-18-20-22-24-26-28-30-32-34-35-36-37-39-40-42-44-46-48-50-52-54-57-60-63-66-72(75)78-69-70(68-77-71(74)65-62-59-56-15-12-9-6-3)79-73(76)67-64-61-58-55-53-51-49-47-45-43-41-38-33-31-29-27-25-23-21-19-17-14-11-8-5-2/h7-8,10-11,16-19,22-25,28-31,34-35,37-39,41-42,44-45,47-48,50,54,57,70H,4-6,9,12-15,20-21,26-27,32-33,36,40,43,46,49,51-53,55-56,58-69H2,1-3H3/b10-7-,11-8-,18-16-,19-17-,24-22-,25-23-,30-28-,31-29-,35-34-,39-37-,41-38-,44-42-,47-45-,50-48-,57-54-. The Balaban J connectivity index is 4.35. The van der Waals surface area contributed by atoms with Crippen LogP contribution in [-0.2, 0) is 28.6 Å². The predicted molar refractivity (Wildman–Crippen MR) is 343 cm³/mol. The van der Waals surface area contributed by atoms with Gasteiger partial charge in [-0.15, -0.1) is 0 Å². The number of rotatable bonds is 54. The second-order valence-corrected chi connectivity index (χ2v) is 19.9. The van der Waals surface area contributed by atoms with Gasteiger partial charge in [-0.1, -0.05) is 267 Å². The van der Waals surface area contributed by atoms with E-state index in [0.29, 0.717) is 12.8 Å². The summed E-state index contributed by atoms with van der Waals surface area (Å²) >= 11 is 0. The lowest BCUT2D eigenvalue weighted by Gasteiger charge is -2.18. The van der Waals surface area contributed by atoms with Crippen molar-refractivity contribution in [2.45, 2.75) is 245 Å². The molecular formula is C73H112O6. The van der Waals surface area contributed by atoms with E-state index in [1.807, 2.05) is 0 Å². The number of ether oxygens (including phenoxy) is 3. The zero-order chi connectivity index (χ0) is 57.1. The summed E-state index contributed by atoms with van der Waals surface area (Å²) in [5, 5.41) is 0. The van der Waals surface area contributed by atoms with Crippen LogP contribution in [0.25, 0.3) is 0 Å². The zero-order valence-electron chi connectivity index (χ0n) is 50.3. The topological polar surface area (TPSA) is 78.9 Å². The third-order valence-electron chi connectivity index (χ3n) is 12.4. The number of allylic oxidation sites excluding steroid dienone is 30. The van der Waals surface area contributed by atoms with Crippen LogP contribution in [0.3, 0.4) is 0 Å². The molecule has 0 aromatic rings. The van der Waals surface area contributed by atoms with Crippen molar-refractivity contribution in [3.8, 4) is 0 Å². The maximum absolute atomic E-state index is 12.9. The molecule has 440 valence electrons. The maximum atomic E-state index is 12.9. The van der Waals surface area contributed by atoms with Crippen molar-refractivity contribution >= 4 is 17.9 Å². The van der Waals surface area contributed by atoms with E-state index in [4.69, 9.17) is 14.2 Å². The summed E-state index contributed by atoms with van der Waals surface area (Å²) in [7, 11) is 0. The van der Waals surface area contributed by atoms with Gasteiger partial charge in [-0.05, 0) is 135 Å². The van der Waals surface area contributed by atoms with Crippen LogP contribution >= 0.6 is 0 Å². The number of unbranched alkanes of at least 4 members (excludes halogenated alkanes) is 13. The molecule has 0 heterocycles. The van der Waals surface area contributed by atoms with E-state index < -0.39 is 6.10 Å². The molecule has 1 unspecified atom stereocenters. The van der Waals surface area contributed by atoms with E-state index in [1.54, 1.807) is 0 Å². The molecular weight excluding hydrogens is 973 g/mol. The first-order valence-electron chi connectivity index (χ1n) is 31.3. The van der Waals surface area contributed by atoms with Crippen LogP contribution in [0.2, 0.25) is 0 Å². The Bertz CT molecular complexity index is 1870. The maximum Gasteiger partial charge on any atom is 0.306 e. The van der Waals surface area contributed by atoms with E-state index in [0.717, 1.165) is 154 Å². The fourth-order valence-corrected chi connectivity index (χ4v) is 7.80. The molecule has 0 spiro atoms. The van der Waals surface area contributed by atoms with Gasteiger partial charge in [0.05, 0.1) is 0 Å². The van der Waals surface area contributed by atoms with Crippen LogP contribution in [-0.4, -0.2) is 37.2 Å². The van der Waals surface area contributed by atoms with Crippen LogP contribution < -0.4 is 0 Å². The van der Waals surface area contributed by atoms with Crippen LogP contribution in [0.5, 0.6) is 0 Å². The second kappa shape index (κ2) is 65.0. The van der Waals surface area contributed by atoms with Crippen molar-refractivity contribution in [3.05, 3.63) is 182 Å². The molecule has 0 aliphatic carbocycles. The fraction of sp³-hybridized carbons (Fsp3) is 0.548. The van der Waals surface area contributed by atoms with Crippen molar-refractivity contribution < 1.29 is 28.6 Å². The van der Waals surface area contributed by atoms with Gasteiger partial charge in [0.25, 0.3) is 0 Å². The van der Waals surface area contributed by atoms with E-state index in [1.165, 1.54) is 38.5 Å². The van der Waals surface area contributed by atoms with Gasteiger partial charge in [-0.2, -0.15) is 0 Å². The Labute approximate surface area is 484 Å². The molecule has 0 saturated carbocycles. The Morgan fingerprint density at radius 3 is 0.823 bits per heavy atom. The molecule has 6 nitrogen and oxygen atoms in total. The molecule has 6 heteroatoms. The Kier molecular flexibility index (Phi) is 60.5. The van der Waals surface area contributed by atoms with Gasteiger partial charge in [-0.25, -0.2) is 0 Å². The largest absolute Gasteiger partial charge is 0.462 e. The van der Waals surface area contributed by atoms with Crippen LogP contribution in [0.15, 0.2) is 182 Å². The van der Waals surface area contributed by atoms with Gasteiger partial charge >= 0.3 is 17.9 Å². The zero-order valence-corrected chi connectivity index (χ0v) is 50.3. The fourth-order valence-electron chi connectivity index (χ4n) is 7.80. The van der Waals surface area contributed by atoms with Crippen molar-refractivity contribution in [2.24, 2.45) is 0 Å². The van der Waals surface area contributed by atoms with Gasteiger partial charge in [-0.3, -0.25) is 14.4 Å². The van der Waals surface area contributed by atoms with Gasteiger partial charge in [0.2, 0.25) is 0 Å². The lowest BCUT2D eigenvalue weighted by Crippen LogP contribution is -2.30. The highest BCUT2D eigenvalue weighted by molar-refractivity contribution is 5.71. The van der Waals surface area contributed by atoms with Crippen molar-refractivity contribution in [1.29, 1.82) is 0 Å². The molecule has 79 heavy (non-hydrogen) atoms. The summed E-state index contributed by atoms with van der Waals surface area (Å²) < 4.78 is 16.7. The number of esters is 3. The highest BCUT2D eigenvalue weighted by Gasteiger charge is 2.19. The average molecular weight is 1090 g/mol. The van der Waals surface area contributed by atoms with Gasteiger partial charge in [0.1, 0.15) is 13.2 Å². The van der Waals surface area contributed by atoms with Gasteiger partial charge < -0.3 is 14.2 Å². The number of carbonyl (C=O) groups is 3. The minimum Gasteiger partial charge on any atom is -0.462 e. The van der Waals surface area contributed by atoms with E-state index in [2.05, 4.69) is 203 Å². The molecule has 0 rings (SSSR count). The van der Waals surface area contributed by atoms with Crippen LogP contribution in [0.4, 0.5) is 0 Å². The minimum atomic E-state index is -0.818. The molecule has 0 aliphatic heterocycles. The summed E-state index contributed by atoms with van der Waals surface area (Å²) in [4.78, 5) is 38.0. The van der Waals surface area contributed by atoms with E-state index in [9.17, 15) is 14.4 Å². The van der Waals surface area contributed by atoms with E-state index >= 15 is 0 Å². The van der Waals surface area contributed by atoms with E-state index in [-0.39, 0.29) is 44.0 Å². The Morgan fingerprint density at radius 1 is 0.266 bits per heavy atom. The lowest BCUT2D eigenvalue weighted by atomic mass is 10.1. The third-order valence-corrected chi connectivity index (χ3v) is 12.4. The molecule has 0 radical (unpaired) electrons.